The molecule has 1 heterocycles. The van der Waals surface area contributed by atoms with Gasteiger partial charge in [-0.15, -0.1) is 0 Å². The summed E-state index contributed by atoms with van der Waals surface area (Å²) in [5.41, 5.74) is 0.793. The minimum Gasteiger partial charge on any atom is -0.497 e. The first-order chi connectivity index (χ1) is 11.6. The van der Waals surface area contributed by atoms with Gasteiger partial charge in [0.25, 0.3) is 5.89 Å². The van der Waals surface area contributed by atoms with Crippen LogP contribution in [0.4, 0.5) is 0 Å². The molecule has 0 fully saturated rings. The highest BCUT2D eigenvalue weighted by molar-refractivity contribution is 6.35. The van der Waals surface area contributed by atoms with Crippen LogP contribution in [0.3, 0.4) is 0 Å². The topological polar surface area (TPSA) is 57.4 Å². The van der Waals surface area contributed by atoms with Crippen LogP contribution in [-0.2, 0) is 0 Å². The molecular formula is C17H14Cl2N2O3. The lowest BCUT2D eigenvalue weighted by Crippen LogP contribution is -2.03. The summed E-state index contributed by atoms with van der Waals surface area (Å²) in [5.74, 6) is 2.02. The van der Waals surface area contributed by atoms with Gasteiger partial charge in [-0.2, -0.15) is 4.98 Å². The van der Waals surface area contributed by atoms with Gasteiger partial charge in [0.1, 0.15) is 11.5 Å². The fourth-order valence-corrected chi connectivity index (χ4v) is 2.54. The van der Waals surface area contributed by atoms with Crippen molar-refractivity contribution in [3.8, 4) is 22.9 Å². The first-order valence-corrected chi connectivity index (χ1v) is 7.92. The summed E-state index contributed by atoms with van der Waals surface area (Å²) in [4.78, 5) is 4.37. The van der Waals surface area contributed by atoms with Gasteiger partial charge in [-0.05, 0) is 37.3 Å². The molecule has 0 aliphatic rings. The van der Waals surface area contributed by atoms with Gasteiger partial charge in [0, 0.05) is 10.6 Å². The van der Waals surface area contributed by atoms with E-state index < -0.39 is 6.10 Å². The third-order valence-electron chi connectivity index (χ3n) is 3.32. The largest absolute Gasteiger partial charge is 0.497 e. The van der Waals surface area contributed by atoms with E-state index in [2.05, 4.69) is 10.1 Å². The minimum atomic E-state index is -0.462. The Morgan fingerprint density at radius 2 is 1.96 bits per heavy atom. The number of nitrogens with zero attached hydrogens (tertiary/aromatic N) is 2. The van der Waals surface area contributed by atoms with E-state index in [0.717, 1.165) is 11.3 Å². The minimum absolute atomic E-state index is 0.346. The Morgan fingerprint density at radius 1 is 1.12 bits per heavy atom. The van der Waals surface area contributed by atoms with E-state index in [1.165, 1.54) is 0 Å². The maximum atomic E-state index is 6.11. The maximum Gasteiger partial charge on any atom is 0.267 e. The van der Waals surface area contributed by atoms with Crippen LogP contribution in [0.2, 0.25) is 10.0 Å². The van der Waals surface area contributed by atoms with Crippen molar-refractivity contribution in [1.29, 1.82) is 0 Å². The Bertz CT molecular complexity index is 851. The van der Waals surface area contributed by atoms with Gasteiger partial charge in [-0.25, -0.2) is 0 Å². The second-order valence-corrected chi connectivity index (χ2v) is 5.87. The van der Waals surface area contributed by atoms with Crippen molar-refractivity contribution >= 4 is 23.2 Å². The zero-order valence-electron chi connectivity index (χ0n) is 13.0. The third kappa shape index (κ3) is 3.63. The van der Waals surface area contributed by atoms with Gasteiger partial charge in [0.2, 0.25) is 5.82 Å². The molecule has 0 aliphatic carbocycles. The van der Waals surface area contributed by atoms with Crippen LogP contribution in [0.15, 0.2) is 47.0 Å². The van der Waals surface area contributed by atoms with E-state index in [1.54, 1.807) is 32.2 Å². The monoisotopic (exact) mass is 364 g/mol. The quantitative estimate of drug-likeness (QED) is 0.623. The molecule has 1 aromatic heterocycles. The van der Waals surface area contributed by atoms with Crippen LogP contribution >= 0.6 is 23.2 Å². The molecule has 0 N–H and O–H groups in total. The Balaban J connectivity index is 1.79. The van der Waals surface area contributed by atoms with E-state index in [9.17, 15) is 0 Å². The van der Waals surface area contributed by atoms with Gasteiger partial charge < -0.3 is 14.0 Å². The number of rotatable bonds is 5. The average Bonchev–Trinajstić information content (AvgIpc) is 3.07. The fraction of sp³-hybridized carbons (Fsp3) is 0.176. The van der Waals surface area contributed by atoms with Gasteiger partial charge in [-0.1, -0.05) is 40.5 Å². The zero-order chi connectivity index (χ0) is 17.1. The van der Waals surface area contributed by atoms with Gasteiger partial charge in [0.15, 0.2) is 6.10 Å². The molecule has 0 unspecified atom stereocenters. The summed E-state index contributed by atoms with van der Waals surface area (Å²) in [6.07, 6.45) is -0.462. The van der Waals surface area contributed by atoms with Gasteiger partial charge in [-0.3, -0.25) is 0 Å². The first-order valence-electron chi connectivity index (χ1n) is 7.16. The predicted octanol–water partition coefficient (Wildman–Crippen LogP) is 5.19. The van der Waals surface area contributed by atoms with Crippen molar-refractivity contribution in [1.82, 2.24) is 10.1 Å². The third-order valence-corrected chi connectivity index (χ3v) is 3.85. The standard InChI is InChI=1S/C17H14Cl2N2O3/c1-10(23-15-7-6-12(18)9-14(15)19)17-20-16(21-24-17)11-4-3-5-13(8-11)22-2/h3-10H,1-2H3/t10-/m1/s1. The number of aromatic nitrogens is 2. The highest BCUT2D eigenvalue weighted by atomic mass is 35.5. The average molecular weight is 365 g/mol. The molecule has 2 aromatic carbocycles. The summed E-state index contributed by atoms with van der Waals surface area (Å²) in [6, 6.07) is 12.4. The summed E-state index contributed by atoms with van der Waals surface area (Å²) in [5, 5.41) is 4.94. The number of hydrogen-bond donors (Lipinski definition) is 0. The van der Waals surface area contributed by atoms with Crippen LogP contribution in [0, 0.1) is 0 Å². The molecule has 7 heteroatoms. The van der Waals surface area contributed by atoms with Crippen LogP contribution < -0.4 is 9.47 Å². The van der Waals surface area contributed by atoms with Crippen molar-refractivity contribution < 1.29 is 14.0 Å². The highest BCUT2D eigenvalue weighted by Crippen LogP contribution is 2.31. The maximum absolute atomic E-state index is 6.11. The van der Waals surface area contributed by atoms with Crippen molar-refractivity contribution in [3.05, 3.63) is 58.4 Å². The lowest BCUT2D eigenvalue weighted by atomic mass is 10.2. The Kier molecular flexibility index (Phi) is 4.92. The molecule has 24 heavy (non-hydrogen) atoms. The van der Waals surface area contributed by atoms with Crippen molar-refractivity contribution in [3.63, 3.8) is 0 Å². The van der Waals surface area contributed by atoms with Gasteiger partial charge in [0.05, 0.1) is 12.1 Å². The summed E-state index contributed by atoms with van der Waals surface area (Å²) >= 11 is 12.0. The van der Waals surface area contributed by atoms with Crippen molar-refractivity contribution in [2.24, 2.45) is 0 Å². The van der Waals surface area contributed by atoms with Crippen molar-refractivity contribution in [2.75, 3.05) is 7.11 Å². The van der Waals surface area contributed by atoms with Crippen molar-refractivity contribution in [2.45, 2.75) is 13.0 Å². The molecule has 0 bridgehead atoms. The number of halogens is 2. The number of methoxy groups -OCH3 is 1. The molecule has 0 aliphatic heterocycles. The molecule has 0 saturated carbocycles. The summed E-state index contributed by atoms with van der Waals surface area (Å²) in [7, 11) is 1.60. The smallest absolute Gasteiger partial charge is 0.267 e. The van der Waals surface area contributed by atoms with Gasteiger partial charge >= 0.3 is 0 Å². The SMILES string of the molecule is COc1cccc(-c2noc([C@@H](C)Oc3ccc(Cl)cc3Cl)n2)c1. The lowest BCUT2D eigenvalue weighted by Gasteiger charge is -2.12. The zero-order valence-corrected chi connectivity index (χ0v) is 14.5. The predicted molar refractivity (Wildman–Crippen MR) is 91.8 cm³/mol. The lowest BCUT2D eigenvalue weighted by molar-refractivity contribution is 0.176. The normalized spacial score (nSPS) is 12.0. The van der Waals surface area contributed by atoms with Crippen LogP contribution in [0.5, 0.6) is 11.5 Å². The van der Waals surface area contributed by atoms with Crippen LogP contribution in [-0.4, -0.2) is 17.3 Å². The molecule has 0 spiro atoms. The summed E-state index contributed by atoms with van der Waals surface area (Å²) < 4.78 is 16.3. The van der Waals surface area contributed by atoms with E-state index in [0.29, 0.717) is 27.5 Å². The fourth-order valence-electron chi connectivity index (χ4n) is 2.09. The second-order valence-electron chi connectivity index (χ2n) is 5.02. The van der Waals surface area contributed by atoms with E-state index in [-0.39, 0.29) is 0 Å². The van der Waals surface area contributed by atoms with E-state index in [4.69, 9.17) is 37.2 Å². The molecule has 5 nitrogen and oxygen atoms in total. The molecule has 3 aromatic rings. The van der Waals surface area contributed by atoms with E-state index in [1.807, 2.05) is 24.3 Å². The van der Waals surface area contributed by atoms with Crippen LogP contribution in [0.25, 0.3) is 11.4 Å². The number of ether oxygens (including phenoxy) is 2. The molecule has 3 rings (SSSR count). The Labute approximate surface area is 149 Å². The summed E-state index contributed by atoms with van der Waals surface area (Å²) in [6.45, 7) is 1.80. The molecule has 1 atom stereocenters. The first kappa shape index (κ1) is 16.6. The second kappa shape index (κ2) is 7.11. The molecule has 0 amide bonds. The molecule has 0 saturated heterocycles. The molecule has 124 valence electrons. The van der Waals surface area contributed by atoms with E-state index >= 15 is 0 Å². The number of hydrogen-bond acceptors (Lipinski definition) is 5. The Morgan fingerprint density at radius 3 is 2.71 bits per heavy atom. The molecular weight excluding hydrogens is 351 g/mol. The van der Waals surface area contributed by atoms with Crippen LogP contribution in [0.1, 0.15) is 18.9 Å². The molecule has 0 radical (unpaired) electrons. The number of benzene rings is 2. The Hall–Kier alpha value is -2.24. The highest BCUT2D eigenvalue weighted by Gasteiger charge is 2.18.